The molecule has 0 aliphatic rings. The van der Waals surface area contributed by atoms with Crippen molar-refractivity contribution in [2.45, 2.75) is 12.8 Å². The molecule has 2 aromatic carbocycles. The third kappa shape index (κ3) is 3.45. The molecule has 4 aromatic rings. The van der Waals surface area contributed by atoms with Gasteiger partial charge in [-0.3, -0.25) is 4.79 Å². The lowest BCUT2D eigenvalue weighted by Gasteiger charge is -2.05. The molecule has 0 aliphatic heterocycles. The fraction of sp³-hybridized carbons (Fsp3) is 0.100. The zero-order valence-corrected chi connectivity index (χ0v) is 13.4. The van der Waals surface area contributed by atoms with Gasteiger partial charge in [-0.1, -0.05) is 12.1 Å². The fourth-order valence-electron chi connectivity index (χ4n) is 2.61. The zero-order valence-electron chi connectivity index (χ0n) is 13.4. The Labute approximate surface area is 144 Å². The minimum Gasteiger partial charge on any atom is -0.469 e. The van der Waals surface area contributed by atoms with Crippen molar-refractivity contribution in [3.8, 4) is 11.5 Å². The summed E-state index contributed by atoms with van der Waals surface area (Å²) < 4.78 is 11.0. The Hall–Kier alpha value is -3.34. The Kier molecular flexibility index (Phi) is 4.04. The minimum absolute atomic E-state index is 0.0500. The van der Waals surface area contributed by atoms with E-state index in [0.29, 0.717) is 18.7 Å². The molecule has 1 N–H and O–H groups in total. The number of hydrogen-bond donors (Lipinski definition) is 1. The predicted molar refractivity (Wildman–Crippen MR) is 95.1 cm³/mol. The standard InChI is InChI=1S/C20H16N2O3/c23-19(12-11-16-4-3-13-24-16)21-15-9-7-14(8-10-15)20-22-17-5-1-2-6-18(17)25-20/h1-10,13H,11-12H2,(H,21,23). The van der Waals surface area contributed by atoms with Gasteiger partial charge in [-0.15, -0.1) is 0 Å². The van der Waals surface area contributed by atoms with Gasteiger partial charge in [0.1, 0.15) is 11.3 Å². The number of para-hydroxylation sites is 2. The Morgan fingerprint density at radius 1 is 1.00 bits per heavy atom. The Morgan fingerprint density at radius 3 is 2.60 bits per heavy atom. The first-order valence-corrected chi connectivity index (χ1v) is 8.06. The van der Waals surface area contributed by atoms with E-state index < -0.39 is 0 Å². The quantitative estimate of drug-likeness (QED) is 0.577. The first-order chi connectivity index (χ1) is 12.3. The second kappa shape index (κ2) is 6.65. The Balaban J connectivity index is 1.42. The summed E-state index contributed by atoms with van der Waals surface area (Å²) in [7, 11) is 0. The van der Waals surface area contributed by atoms with Gasteiger partial charge in [0.15, 0.2) is 5.58 Å². The minimum atomic E-state index is -0.0500. The van der Waals surface area contributed by atoms with Gasteiger partial charge >= 0.3 is 0 Å². The lowest BCUT2D eigenvalue weighted by Crippen LogP contribution is -2.12. The maximum atomic E-state index is 12.0. The molecule has 0 atom stereocenters. The zero-order chi connectivity index (χ0) is 17.1. The van der Waals surface area contributed by atoms with E-state index in [0.717, 1.165) is 28.1 Å². The third-order valence-electron chi connectivity index (χ3n) is 3.89. The number of rotatable bonds is 5. The van der Waals surface area contributed by atoms with Crippen LogP contribution in [0.1, 0.15) is 12.2 Å². The number of nitrogens with one attached hydrogen (secondary N) is 1. The van der Waals surface area contributed by atoms with E-state index in [4.69, 9.17) is 8.83 Å². The smallest absolute Gasteiger partial charge is 0.227 e. The van der Waals surface area contributed by atoms with E-state index >= 15 is 0 Å². The van der Waals surface area contributed by atoms with Gasteiger partial charge < -0.3 is 14.2 Å². The van der Waals surface area contributed by atoms with E-state index in [1.807, 2.05) is 60.7 Å². The van der Waals surface area contributed by atoms with Crippen molar-refractivity contribution in [2.24, 2.45) is 0 Å². The van der Waals surface area contributed by atoms with Crippen LogP contribution in [0.15, 0.2) is 75.8 Å². The van der Waals surface area contributed by atoms with Gasteiger partial charge in [-0.2, -0.15) is 0 Å². The highest BCUT2D eigenvalue weighted by atomic mass is 16.3. The molecule has 0 aliphatic carbocycles. The maximum absolute atomic E-state index is 12.0. The number of benzene rings is 2. The number of anilines is 1. The van der Waals surface area contributed by atoms with Crippen LogP contribution in [0.5, 0.6) is 0 Å². The number of amides is 1. The molecule has 0 unspecified atom stereocenters. The number of hydrogen-bond acceptors (Lipinski definition) is 4. The van der Waals surface area contributed by atoms with Crippen LogP contribution in [0.4, 0.5) is 5.69 Å². The van der Waals surface area contributed by atoms with Crippen LogP contribution in [-0.4, -0.2) is 10.9 Å². The molecule has 0 radical (unpaired) electrons. The largest absolute Gasteiger partial charge is 0.469 e. The highest BCUT2D eigenvalue weighted by molar-refractivity contribution is 5.91. The van der Waals surface area contributed by atoms with Crippen molar-refractivity contribution >= 4 is 22.7 Å². The molecule has 4 rings (SSSR count). The van der Waals surface area contributed by atoms with Gasteiger partial charge in [0.2, 0.25) is 11.8 Å². The van der Waals surface area contributed by atoms with Crippen molar-refractivity contribution in [3.63, 3.8) is 0 Å². The number of fused-ring (bicyclic) bond motifs is 1. The lowest BCUT2D eigenvalue weighted by molar-refractivity contribution is -0.116. The summed E-state index contributed by atoms with van der Waals surface area (Å²) >= 11 is 0. The summed E-state index contributed by atoms with van der Waals surface area (Å²) in [6.45, 7) is 0. The van der Waals surface area contributed by atoms with E-state index in [1.165, 1.54) is 0 Å². The average molecular weight is 332 g/mol. The highest BCUT2D eigenvalue weighted by Gasteiger charge is 2.09. The summed E-state index contributed by atoms with van der Waals surface area (Å²) in [4.78, 5) is 16.5. The number of aromatic nitrogens is 1. The number of furan rings is 1. The summed E-state index contributed by atoms with van der Waals surface area (Å²) in [6.07, 6.45) is 2.57. The van der Waals surface area contributed by atoms with Crippen LogP contribution in [0, 0.1) is 0 Å². The van der Waals surface area contributed by atoms with Crippen molar-refractivity contribution in [1.82, 2.24) is 4.98 Å². The first-order valence-electron chi connectivity index (χ1n) is 8.06. The first kappa shape index (κ1) is 15.2. The van der Waals surface area contributed by atoms with E-state index in [1.54, 1.807) is 6.26 Å². The number of carbonyl (C=O) groups is 1. The molecule has 1 amide bonds. The number of aryl methyl sites for hydroxylation is 1. The van der Waals surface area contributed by atoms with Crippen LogP contribution in [0.3, 0.4) is 0 Å². The molecule has 0 spiro atoms. The molecule has 0 fully saturated rings. The van der Waals surface area contributed by atoms with Gasteiger partial charge in [-0.25, -0.2) is 4.98 Å². The number of nitrogens with zero attached hydrogens (tertiary/aromatic N) is 1. The van der Waals surface area contributed by atoms with Gasteiger partial charge in [0.05, 0.1) is 6.26 Å². The molecule has 5 nitrogen and oxygen atoms in total. The van der Waals surface area contributed by atoms with E-state index in [2.05, 4.69) is 10.3 Å². The van der Waals surface area contributed by atoms with Crippen molar-refractivity contribution < 1.29 is 13.6 Å². The van der Waals surface area contributed by atoms with Crippen molar-refractivity contribution in [3.05, 3.63) is 72.7 Å². The number of carbonyl (C=O) groups excluding carboxylic acids is 1. The number of oxazole rings is 1. The molecule has 2 aromatic heterocycles. The topological polar surface area (TPSA) is 68.3 Å². The average Bonchev–Trinajstić information content (AvgIpc) is 3.30. The lowest BCUT2D eigenvalue weighted by atomic mass is 10.2. The molecule has 0 saturated heterocycles. The van der Waals surface area contributed by atoms with Crippen LogP contribution in [0.2, 0.25) is 0 Å². The predicted octanol–water partition coefficient (Wildman–Crippen LogP) is 4.66. The second-order valence-corrected chi connectivity index (χ2v) is 5.69. The molecular weight excluding hydrogens is 316 g/mol. The van der Waals surface area contributed by atoms with Crippen LogP contribution >= 0.6 is 0 Å². The SMILES string of the molecule is O=C(CCc1ccco1)Nc1ccc(-c2nc3ccccc3o2)cc1. The molecule has 2 heterocycles. The normalized spacial score (nSPS) is 10.9. The summed E-state index contributed by atoms with van der Waals surface area (Å²) in [5, 5.41) is 2.88. The summed E-state index contributed by atoms with van der Waals surface area (Å²) in [6, 6.07) is 18.8. The summed E-state index contributed by atoms with van der Waals surface area (Å²) in [5.41, 5.74) is 3.19. The Morgan fingerprint density at radius 2 is 1.84 bits per heavy atom. The Bertz CT molecular complexity index is 952. The highest BCUT2D eigenvalue weighted by Crippen LogP contribution is 2.25. The van der Waals surface area contributed by atoms with Crippen LogP contribution in [0.25, 0.3) is 22.6 Å². The van der Waals surface area contributed by atoms with E-state index in [-0.39, 0.29) is 5.91 Å². The molecule has 25 heavy (non-hydrogen) atoms. The van der Waals surface area contributed by atoms with E-state index in [9.17, 15) is 4.79 Å². The van der Waals surface area contributed by atoms with Crippen molar-refractivity contribution in [1.29, 1.82) is 0 Å². The van der Waals surface area contributed by atoms with Crippen LogP contribution < -0.4 is 5.32 Å². The van der Waals surface area contributed by atoms with Crippen LogP contribution in [-0.2, 0) is 11.2 Å². The maximum Gasteiger partial charge on any atom is 0.227 e. The van der Waals surface area contributed by atoms with Gasteiger partial charge in [0.25, 0.3) is 0 Å². The molecule has 5 heteroatoms. The second-order valence-electron chi connectivity index (χ2n) is 5.69. The molecule has 0 bridgehead atoms. The molecule has 0 saturated carbocycles. The molecular formula is C20H16N2O3. The fourth-order valence-corrected chi connectivity index (χ4v) is 2.61. The third-order valence-corrected chi connectivity index (χ3v) is 3.89. The van der Waals surface area contributed by atoms with Gasteiger partial charge in [0, 0.05) is 24.1 Å². The summed E-state index contributed by atoms with van der Waals surface area (Å²) in [5.74, 6) is 1.32. The van der Waals surface area contributed by atoms with Gasteiger partial charge in [-0.05, 0) is 48.5 Å². The monoisotopic (exact) mass is 332 g/mol. The van der Waals surface area contributed by atoms with Crippen molar-refractivity contribution in [2.75, 3.05) is 5.32 Å². The molecule has 124 valence electrons.